The average Bonchev–Trinajstić information content (AvgIpc) is 2.89. The summed E-state index contributed by atoms with van der Waals surface area (Å²) in [5, 5.41) is 53.8. The van der Waals surface area contributed by atoms with Crippen molar-refractivity contribution >= 4 is 11.8 Å². The molecule has 1 aliphatic rings. The number of carbonyl (C=O) groups is 2. The minimum atomic E-state index is -0.981. The normalized spacial score (nSPS) is 12.3. The molecule has 0 saturated heterocycles. The van der Waals surface area contributed by atoms with Gasteiger partial charge in [-0.15, -0.1) is 0 Å². The van der Waals surface area contributed by atoms with Crippen molar-refractivity contribution in [2.24, 2.45) is 5.41 Å². The summed E-state index contributed by atoms with van der Waals surface area (Å²) in [5.41, 5.74) is 2.45. The van der Waals surface area contributed by atoms with Crippen LogP contribution in [-0.4, -0.2) is 40.3 Å². The van der Waals surface area contributed by atoms with Crippen molar-refractivity contribution in [1.82, 2.24) is 0 Å². The molecule has 0 atom stereocenters. The molecule has 0 fully saturated rings. The molecule has 0 aromatic rings. The lowest BCUT2D eigenvalue weighted by Gasteiger charge is -2.29. The Morgan fingerprint density at radius 1 is 0.789 bits per heavy atom. The lowest BCUT2D eigenvalue weighted by atomic mass is 9.74. The summed E-state index contributed by atoms with van der Waals surface area (Å²) >= 11 is 0. The van der Waals surface area contributed by atoms with E-state index in [-0.39, 0.29) is 5.41 Å². The molecule has 0 aromatic heterocycles. The molecule has 9 heteroatoms. The third-order valence-electron chi connectivity index (χ3n) is 5.28. The quantitative estimate of drug-likeness (QED) is 0.203. The van der Waals surface area contributed by atoms with Crippen LogP contribution < -0.4 is 0 Å². The van der Waals surface area contributed by atoms with Gasteiger partial charge in [-0.1, -0.05) is 77.4 Å². The van der Waals surface area contributed by atoms with Gasteiger partial charge in [-0.25, -0.2) is 4.79 Å². The van der Waals surface area contributed by atoms with Gasteiger partial charge in [-0.05, 0) is 44.1 Å². The molecule has 0 heterocycles. The van der Waals surface area contributed by atoms with Crippen LogP contribution in [0, 0.1) is 50.7 Å². The number of nitriles is 4. The molecular formula is C29H46N4O5. The van der Waals surface area contributed by atoms with Crippen molar-refractivity contribution in [1.29, 1.82) is 21.0 Å². The van der Waals surface area contributed by atoms with E-state index in [1.807, 2.05) is 6.92 Å². The summed E-state index contributed by atoms with van der Waals surface area (Å²) in [4.78, 5) is 20.6. The highest BCUT2D eigenvalue weighted by Gasteiger charge is 2.28. The Hall–Kier alpha value is -3.50. The molecule has 3 N–H and O–H groups in total. The number of carboxylic acid groups (broad SMARTS) is 1. The lowest BCUT2D eigenvalue weighted by Crippen LogP contribution is -2.23. The van der Waals surface area contributed by atoms with Crippen LogP contribution in [0.15, 0.2) is 23.8 Å². The maximum absolute atomic E-state index is 11.4. The number of carbonyl (C=O) groups excluding carboxylic acids is 1. The predicted molar refractivity (Wildman–Crippen MR) is 147 cm³/mol. The number of rotatable bonds is 12. The van der Waals surface area contributed by atoms with E-state index in [2.05, 4.69) is 27.4 Å². The molecule has 0 saturated carbocycles. The van der Waals surface area contributed by atoms with Crippen LogP contribution in [0.1, 0.15) is 105 Å². The fourth-order valence-electron chi connectivity index (χ4n) is 3.36. The van der Waals surface area contributed by atoms with Crippen LogP contribution in [-0.2, 0) is 9.59 Å². The highest BCUT2D eigenvalue weighted by atomic mass is 16.4. The standard InChI is InChI=1S/C12H26O2.C10H16O.C3H4O2.2C2N2/c13-11-9-7-5-3-1-2-4-6-8-10-12-14;1-7-5-10(3,4)6-9(11)8(7)2;1-2-3(4)5;2*3-1-2-4/h13-14H,1-12H2;5-6H2,1-4H3;2H,1H2,(H,4,5);;. The number of carboxylic acids is 1. The van der Waals surface area contributed by atoms with Crippen molar-refractivity contribution in [3.8, 4) is 24.3 Å². The molecule has 1 rings (SSSR count). The Morgan fingerprint density at radius 3 is 1.29 bits per heavy atom. The van der Waals surface area contributed by atoms with Gasteiger partial charge in [0.25, 0.3) is 0 Å². The van der Waals surface area contributed by atoms with Crippen molar-refractivity contribution in [2.45, 2.75) is 105 Å². The van der Waals surface area contributed by atoms with Crippen LogP contribution >= 0.6 is 0 Å². The number of aliphatic carboxylic acids is 1. The van der Waals surface area contributed by atoms with Gasteiger partial charge in [-0.2, -0.15) is 21.0 Å². The molecule has 0 spiro atoms. The van der Waals surface area contributed by atoms with Gasteiger partial charge in [0.05, 0.1) is 0 Å². The number of unbranched alkanes of at least 4 members (excludes halogenated alkanes) is 9. The van der Waals surface area contributed by atoms with E-state index < -0.39 is 5.97 Å². The largest absolute Gasteiger partial charge is 0.478 e. The Labute approximate surface area is 229 Å². The third-order valence-corrected chi connectivity index (χ3v) is 5.28. The van der Waals surface area contributed by atoms with E-state index in [1.54, 1.807) is 0 Å². The Kier molecular flexibility index (Phi) is 34.5. The topological polar surface area (TPSA) is 190 Å². The Morgan fingerprint density at radius 2 is 1.08 bits per heavy atom. The SMILES string of the molecule is C=CC(=O)O.CC1=C(C)C(=O)CC(C)(C)C1.N#CC#N.N#CC#N.OCCCCCCCCCCCCO. The fourth-order valence-corrected chi connectivity index (χ4v) is 3.36. The number of aliphatic hydroxyl groups is 2. The number of ketones is 1. The lowest BCUT2D eigenvalue weighted by molar-refractivity contribution is -0.131. The van der Waals surface area contributed by atoms with Crippen molar-refractivity contribution in [3.63, 3.8) is 0 Å². The van der Waals surface area contributed by atoms with E-state index in [0.717, 1.165) is 37.3 Å². The second kappa shape index (κ2) is 31.5. The minimum absolute atomic E-state index is 0.195. The summed E-state index contributed by atoms with van der Waals surface area (Å²) in [6.45, 7) is 12.0. The summed E-state index contributed by atoms with van der Waals surface area (Å²) in [6, 6.07) is 4.94. The minimum Gasteiger partial charge on any atom is -0.478 e. The number of allylic oxidation sites excluding steroid dienone is 2. The Balaban J connectivity index is -0.000000212. The zero-order chi connectivity index (χ0) is 30.2. The van der Waals surface area contributed by atoms with Gasteiger partial charge in [-0.3, -0.25) is 4.79 Å². The van der Waals surface area contributed by atoms with E-state index in [1.165, 1.54) is 81.2 Å². The first kappa shape index (κ1) is 41.6. The zero-order valence-corrected chi connectivity index (χ0v) is 23.6. The second-order valence-corrected chi connectivity index (χ2v) is 9.32. The molecule has 212 valence electrons. The first-order valence-electron chi connectivity index (χ1n) is 12.8. The highest BCUT2D eigenvalue weighted by Crippen LogP contribution is 2.36. The monoisotopic (exact) mass is 530 g/mol. The maximum Gasteiger partial charge on any atom is 0.327 e. The van der Waals surface area contributed by atoms with Gasteiger partial charge in [0, 0.05) is 25.7 Å². The molecule has 38 heavy (non-hydrogen) atoms. The molecule has 0 unspecified atom stereocenters. The highest BCUT2D eigenvalue weighted by molar-refractivity contribution is 5.96. The van der Waals surface area contributed by atoms with Gasteiger partial charge in [0.2, 0.25) is 0 Å². The number of hydrogen-bond acceptors (Lipinski definition) is 8. The summed E-state index contributed by atoms with van der Waals surface area (Å²) in [6.07, 6.45) is 14.8. The first-order valence-corrected chi connectivity index (χ1v) is 12.8. The number of aliphatic hydroxyl groups excluding tert-OH is 2. The predicted octanol–water partition coefficient (Wildman–Crippen LogP) is 5.91. The third kappa shape index (κ3) is 37.1. The maximum atomic E-state index is 11.4. The van der Waals surface area contributed by atoms with Gasteiger partial charge in [0.15, 0.2) is 30.1 Å². The number of nitrogens with zero attached hydrogens (tertiary/aromatic N) is 4. The summed E-state index contributed by atoms with van der Waals surface area (Å²) < 4.78 is 0. The molecule has 0 aliphatic heterocycles. The summed E-state index contributed by atoms with van der Waals surface area (Å²) in [5.74, 6) is -0.649. The smallest absolute Gasteiger partial charge is 0.327 e. The van der Waals surface area contributed by atoms with Crippen LogP contribution in [0.4, 0.5) is 0 Å². The van der Waals surface area contributed by atoms with Gasteiger partial charge < -0.3 is 15.3 Å². The van der Waals surface area contributed by atoms with Crippen molar-refractivity contribution in [2.75, 3.05) is 13.2 Å². The number of Topliss-reactive ketones (excluding diaryl/α,β-unsaturated/α-hetero) is 1. The van der Waals surface area contributed by atoms with Crippen LogP contribution in [0.25, 0.3) is 0 Å². The van der Waals surface area contributed by atoms with Gasteiger partial charge >= 0.3 is 5.97 Å². The van der Waals surface area contributed by atoms with Crippen molar-refractivity contribution < 1.29 is 24.9 Å². The first-order chi connectivity index (χ1) is 17.9. The molecule has 9 nitrogen and oxygen atoms in total. The average molecular weight is 531 g/mol. The molecular weight excluding hydrogens is 484 g/mol. The fraction of sp³-hybridized carbons (Fsp3) is 0.655. The zero-order valence-electron chi connectivity index (χ0n) is 23.6. The molecule has 0 amide bonds. The molecule has 0 bridgehead atoms. The molecule has 1 aliphatic carbocycles. The Bertz CT molecular complexity index is 777. The van der Waals surface area contributed by atoms with E-state index in [9.17, 15) is 9.59 Å². The van der Waals surface area contributed by atoms with E-state index in [0.29, 0.717) is 19.0 Å². The van der Waals surface area contributed by atoms with Crippen LogP contribution in [0.5, 0.6) is 0 Å². The van der Waals surface area contributed by atoms with Crippen molar-refractivity contribution in [3.05, 3.63) is 23.8 Å². The molecule has 0 aromatic carbocycles. The van der Waals surface area contributed by atoms with E-state index >= 15 is 0 Å². The summed E-state index contributed by atoms with van der Waals surface area (Å²) in [7, 11) is 0. The second-order valence-electron chi connectivity index (χ2n) is 9.32. The number of hydrogen-bond donors (Lipinski definition) is 3. The van der Waals surface area contributed by atoms with Crippen LogP contribution in [0.2, 0.25) is 0 Å². The molecule has 0 radical (unpaired) electrons. The van der Waals surface area contributed by atoms with Gasteiger partial charge in [0.1, 0.15) is 0 Å². The van der Waals surface area contributed by atoms with E-state index in [4.69, 9.17) is 36.4 Å². The van der Waals surface area contributed by atoms with Crippen LogP contribution in [0.3, 0.4) is 0 Å².